The smallest absolute Gasteiger partial charge is 0.231 e. The summed E-state index contributed by atoms with van der Waals surface area (Å²) in [5.74, 6) is 1.20. The Morgan fingerprint density at radius 1 is 1.29 bits per heavy atom. The van der Waals surface area contributed by atoms with E-state index in [4.69, 9.17) is 11.6 Å². The van der Waals surface area contributed by atoms with Crippen molar-refractivity contribution in [2.24, 2.45) is 0 Å². The zero-order valence-electron chi connectivity index (χ0n) is 12.2. The highest BCUT2D eigenvalue weighted by molar-refractivity contribution is 7.91. The van der Waals surface area contributed by atoms with Gasteiger partial charge in [0, 0.05) is 19.1 Å². The Balaban J connectivity index is 2.16. The van der Waals surface area contributed by atoms with Gasteiger partial charge in [0.25, 0.3) is 0 Å². The van der Waals surface area contributed by atoms with Gasteiger partial charge in [0.15, 0.2) is 9.84 Å². The third-order valence-electron chi connectivity index (χ3n) is 3.44. The van der Waals surface area contributed by atoms with Crippen LogP contribution in [0.2, 0.25) is 5.28 Å². The summed E-state index contributed by atoms with van der Waals surface area (Å²) in [6, 6.07) is -0.174. The average molecular weight is 334 g/mol. The topological polar surface area (TPSA) is 88.1 Å². The molecule has 1 aromatic heterocycles. The summed E-state index contributed by atoms with van der Waals surface area (Å²) in [6.45, 7) is 5.52. The molecule has 0 bridgehead atoms. The van der Waals surface area contributed by atoms with E-state index < -0.39 is 9.84 Å². The van der Waals surface area contributed by atoms with Gasteiger partial charge in [-0.1, -0.05) is 0 Å². The minimum absolute atomic E-state index is 0.105. The molecule has 1 saturated heterocycles. The molecule has 1 atom stereocenters. The van der Waals surface area contributed by atoms with Crippen molar-refractivity contribution in [2.75, 3.05) is 34.8 Å². The van der Waals surface area contributed by atoms with E-state index in [1.54, 1.807) is 0 Å². The van der Waals surface area contributed by atoms with Crippen molar-refractivity contribution >= 4 is 33.3 Å². The van der Waals surface area contributed by atoms with E-state index in [1.165, 1.54) is 0 Å². The van der Waals surface area contributed by atoms with Gasteiger partial charge in [-0.2, -0.15) is 15.0 Å². The van der Waals surface area contributed by atoms with E-state index in [2.05, 4.69) is 20.3 Å². The molecule has 1 fully saturated rings. The molecule has 0 spiro atoms. The number of anilines is 2. The molecule has 1 unspecified atom stereocenters. The van der Waals surface area contributed by atoms with Crippen molar-refractivity contribution < 1.29 is 8.42 Å². The lowest BCUT2D eigenvalue weighted by Gasteiger charge is -2.24. The van der Waals surface area contributed by atoms with Crippen molar-refractivity contribution in [2.45, 2.75) is 32.7 Å². The third kappa shape index (κ3) is 4.41. The van der Waals surface area contributed by atoms with Gasteiger partial charge < -0.3 is 10.2 Å². The van der Waals surface area contributed by atoms with Crippen LogP contribution in [-0.2, 0) is 9.84 Å². The van der Waals surface area contributed by atoms with Crippen molar-refractivity contribution in [1.82, 2.24) is 15.0 Å². The molecule has 2 rings (SSSR count). The molecule has 0 aliphatic carbocycles. The van der Waals surface area contributed by atoms with Gasteiger partial charge in [0.1, 0.15) is 0 Å². The second-order valence-electron chi connectivity index (χ2n) is 5.00. The summed E-state index contributed by atoms with van der Waals surface area (Å²) in [5.41, 5.74) is 0. The second-order valence-corrected chi connectivity index (χ2v) is 7.56. The lowest BCUT2D eigenvalue weighted by atomic mass is 10.2. The molecule has 0 amide bonds. The SMILES string of the molecule is CCN(CC)c1nc(Cl)nc(NC2CCCS(=O)(=O)C2)n1. The number of nitrogens with zero attached hydrogens (tertiary/aromatic N) is 4. The molecule has 9 heteroatoms. The standard InChI is InChI=1S/C12H20ClN5O2S/c1-3-18(4-2)12-16-10(13)15-11(17-12)14-9-6-5-7-21(19,20)8-9/h9H,3-8H2,1-2H3,(H,14,15,16,17). The lowest BCUT2D eigenvalue weighted by Crippen LogP contribution is -2.35. The van der Waals surface area contributed by atoms with Gasteiger partial charge in [-0.25, -0.2) is 8.42 Å². The molecular weight excluding hydrogens is 314 g/mol. The number of halogens is 1. The summed E-state index contributed by atoms with van der Waals surface area (Å²) in [6.07, 6.45) is 1.44. The van der Waals surface area contributed by atoms with Crippen LogP contribution in [0.15, 0.2) is 0 Å². The van der Waals surface area contributed by atoms with Gasteiger partial charge in [-0.15, -0.1) is 0 Å². The summed E-state index contributed by atoms with van der Waals surface area (Å²) in [7, 11) is -2.98. The van der Waals surface area contributed by atoms with Gasteiger partial charge in [-0.05, 0) is 38.3 Å². The molecule has 118 valence electrons. The molecule has 21 heavy (non-hydrogen) atoms. The van der Waals surface area contributed by atoms with Crippen LogP contribution >= 0.6 is 11.6 Å². The van der Waals surface area contributed by atoms with Crippen LogP contribution in [-0.4, -0.2) is 54.0 Å². The van der Waals surface area contributed by atoms with Gasteiger partial charge in [-0.3, -0.25) is 0 Å². The summed E-state index contributed by atoms with van der Waals surface area (Å²) in [4.78, 5) is 14.4. The number of hydrogen-bond acceptors (Lipinski definition) is 7. The van der Waals surface area contributed by atoms with Crippen LogP contribution in [0.25, 0.3) is 0 Å². The fraction of sp³-hybridized carbons (Fsp3) is 0.750. The predicted molar refractivity (Wildman–Crippen MR) is 83.7 cm³/mol. The summed E-state index contributed by atoms with van der Waals surface area (Å²) in [5, 5.41) is 3.17. The Labute approximate surface area is 130 Å². The highest BCUT2D eigenvalue weighted by atomic mass is 35.5. The maximum Gasteiger partial charge on any atom is 0.231 e. The minimum atomic E-state index is -2.98. The van der Waals surface area contributed by atoms with Crippen LogP contribution in [0.1, 0.15) is 26.7 Å². The Morgan fingerprint density at radius 2 is 2.00 bits per heavy atom. The van der Waals surface area contributed by atoms with Crippen LogP contribution in [0.4, 0.5) is 11.9 Å². The first-order valence-electron chi connectivity index (χ1n) is 7.07. The maximum absolute atomic E-state index is 11.7. The van der Waals surface area contributed by atoms with E-state index in [1.807, 2.05) is 18.7 Å². The average Bonchev–Trinajstić information content (AvgIpc) is 2.38. The van der Waals surface area contributed by atoms with Gasteiger partial charge in [0.2, 0.25) is 17.2 Å². The zero-order chi connectivity index (χ0) is 15.5. The summed E-state index contributed by atoms with van der Waals surface area (Å²) >= 11 is 5.93. The molecular formula is C12H20ClN5O2S. The van der Waals surface area contributed by atoms with Crippen LogP contribution in [0.5, 0.6) is 0 Å². The minimum Gasteiger partial charge on any atom is -0.350 e. The number of sulfone groups is 1. The quantitative estimate of drug-likeness (QED) is 0.870. The van der Waals surface area contributed by atoms with Gasteiger partial charge in [0.05, 0.1) is 11.5 Å². The van der Waals surface area contributed by atoms with Crippen molar-refractivity contribution in [1.29, 1.82) is 0 Å². The number of rotatable bonds is 5. The Morgan fingerprint density at radius 3 is 2.62 bits per heavy atom. The first-order valence-corrected chi connectivity index (χ1v) is 9.27. The Bertz CT molecular complexity index is 591. The predicted octanol–water partition coefficient (Wildman–Crippen LogP) is 1.36. The third-order valence-corrected chi connectivity index (χ3v) is 5.43. The van der Waals surface area contributed by atoms with Gasteiger partial charge >= 0.3 is 0 Å². The summed E-state index contributed by atoms with van der Waals surface area (Å²) < 4.78 is 23.3. The fourth-order valence-electron chi connectivity index (χ4n) is 2.37. The maximum atomic E-state index is 11.7. The van der Waals surface area contributed by atoms with Crippen molar-refractivity contribution in [3.63, 3.8) is 0 Å². The molecule has 1 aliphatic rings. The van der Waals surface area contributed by atoms with E-state index in [0.29, 0.717) is 18.3 Å². The molecule has 1 aliphatic heterocycles. The zero-order valence-corrected chi connectivity index (χ0v) is 13.8. The molecule has 7 nitrogen and oxygen atoms in total. The number of nitrogens with one attached hydrogen (secondary N) is 1. The number of aromatic nitrogens is 3. The van der Waals surface area contributed by atoms with E-state index in [-0.39, 0.29) is 22.8 Å². The van der Waals surface area contributed by atoms with Crippen molar-refractivity contribution in [3.8, 4) is 0 Å². The first kappa shape index (κ1) is 16.2. The first-order chi connectivity index (χ1) is 9.93. The Kier molecular flexibility index (Phi) is 5.21. The lowest BCUT2D eigenvalue weighted by molar-refractivity contribution is 0.561. The largest absolute Gasteiger partial charge is 0.350 e. The Hall–Kier alpha value is -1.15. The second kappa shape index (κ2) is 6.74. The van der Waals surface area contributed by atoms with E-state index >= 15 is 0 Å². The molecule has 2 heterocycles. The number of hydrogen-bond donors (Lipinski definition) is 1. The molecule has 0 aromatic carbocycles. The highest BCUT2D eigenvalue weighted by Gasteiger charge is 2.25. The van der Waals surface area contributed by atoms with E-state index in [0.717, 1.165) is 19.5 Å². The fourth-order valence-corrected chi connectivity index (χ4v) is 4.16. The van der Waals surface area contributed by atoms with Crippen LogP contribution < -0.4 is 10.2 Å². The monoisotopic (exact) mass is 333 g/mol. The van der Waals surface area contributed by atoms with Crippen LogP contribution in [0, 0.1) is 0 Å². The van der Waals surface area contributed by atoms with Crippen molar-refractivity contribution in [3.05, 3.63) is 5.28 Å². The van der Waals surface area contributed by atoms with E-state index in [9.17, 15) is 8.42 Å². The normalized spacial score (nSPS) is 21.0. The molecule has 1 N–H and O–H groups in total. The molecule has 0 saturated carbocycles. The molecule has 1 aromatic rings. The van der Waals surface area contributed by atoms with Crippen LogP contribution in [0.3, 0.4) is 0 Å². The molecule has 0 radical (unpaired) electrons. The highest BCUT2D eigenvalue weighted by Crippen LogP contribution is 2.18.